The van der Waals surface area contributed by atoms with E-state index in [0.29, 0.717) is 17.0 Å². The van der Waals surface area contributed by atoms with Crippen molar-refractivity contribution in [2.24, 2.45) is 0 Å². The molecule has 0 radical (unpaired) electrons. The normalized spacial score (nSPS) is 11.0. The lowest BCUT2D eigenvalue weighted by Crippen LogP contribution is -2.06. The fourth-order valence-electron chi connectivity index (χ4n) is 1.93. The van der Waals surface area contributed by atoms with Crippen molar-refractivity contribution in [2.75, 3.05) is 0 Å². The molecule has 0 unspecified atom stereocenters. The van der Waals surface area contributed by atoms with Gasteiger partial charge in [0.1, 0.15) is 4.83 Å². The molecule has 0 amide bonds. The first-order chi connectivity index (χ1) is 8.04. The number of aliphatic hydroxyl groups is 1. The van der Waals surface area contributed by atoms with E-state index >= 15 is 0 Å². The van der Waals surface area contributed by atoms with E-state index < -0.39 is 5.97 Å². The number of hydrogen-bond acceptors (Lipinski definition) is 5. The Morgan fingerprint density at radius 3 is 2.71 bits per heavy atom. The lowest BCUT2D eigenvalue weighted by molar-refractivity contribution is -0.136. The molecule has 0 saturated heterocycles. The summed E-state index contributed by atoms with van der Waals surface area (Å²) in [7, 11) is 0. The standard InChI is InChI=1S/C11H12N2O3S/c1-5-7(3-9(15)16)6(2)12-11-10(5)8(4-14)13-17-11/h14H,3-4H2,1-2H3,(H,15,16). The number of hydrogen-bond donors (Lipinski definition) is 2. The summed E-state index contributed by atoms with van der Waals surface area (Å²) in [5.74, 6) is -0.883. The van der Waals surface area contributed by atoms with Crippen LogP contribution in [-0.2, 0) is 17.8 Å². The zero-order valence-corrected chi connectivity index (χ0v) is 10.3. The van der Waals surface area contributed by atoms with Gasteiger partial charge in [-0.15, -0.1) is 0 Å². The summed E-state index contributed by atoms with van der Waals surface area (Å²) in [5.41, 5.74) is 2.85. The number of aliphatic hydroxyl groups excluding tert-OH is 1. The Morgan fingerprint density at radius 1 is 1.41 bits per heavy atom. The summed E-state index contributed by atoms with van der Waals surface area (Å²) in [6, 6.07) is 0. The third-order valence-corrected chi connectivity index (χ3v) is 3.54. The average molecular weight is 252 g/mol. The molecule has 0 aliphatic rings. The van der Waals surface area contributed by atoms with Gasteiger partial charge in [-0.25, -0.2) is 4.98 Å². The molecular formula is C11H12N2O3S. The van der Waals surface area contributed by atoms with E-state index in [1.807, 2.05) is 6.92 Å². The molecule has 2 aromatic rings. The SMILES string of the molecule is Cc1nc2snc(CO)c2c(C)c1CC(=O)O. The Bertz CT molecular complexity index is 592. The molecule has 0 aromatic carbocycles. The summed E-state index contributed by atoms with van der Waals surface area (Å²) in [4.78, 5) is 15.9. The summed E-state index contributed by atoms with van der Waals surface area (Å²) < 4.78 is 4.12. The minimum atomic E-state index is -0.883. The number of nitrogens with zero attached hydrogens (tertiary/aromatic N) is 2. The van der Waals surface area contributed by atoms with Crippen LogP contribution in [0.5, 0.6) is 0 Å². The summed E-state index contributed by atoms with van der Waals surface area (Å²) in [5, 5.41) is 18.9. The monoisotopic (exact) mass is 252 g/mol. The van der Waals surface area contributed by atoms with Crippen molar-refractivity contribution in [3.8, 4) is 0 Å². The lowest BCUT2D eigenvalue weighted by atomic mass is 10.0. The van der Waals surface area contributed by atoms with Crippen LogP contribution in [0.3, 0.4) is 0 Å². The average Bonchev–Trinajstić information content (AvgIpc) is 2.66. The number of aliphatic carboxylic acids is 1. The van der Waals surface area contributed by atoms with Gasteiger partial charge in [0.15, 0.2) is 0 Å². The first-order valence-electron chi connectivity index (χ1n) is 5.11. The molecule has 90 valence electrons. The molecule has 6 heteroatoms. The first-order valence-corrected chi connectivity index (χ1v) is 5.89. The van der Waals surface area contributed by atoms with Crippen molar-refractivity contribution in [2.45, 2.75) is 26.9 Å². The molecule has 0 atom stereocenters. The molecule has 0 aliphatic carbocycles. The van der Waals surface area contributed by atoms with E-state index in [1.54, 1.807) is 6.92 Å². The van der Waals surface area contributed by atoms with Crippen LogP contribution in [0.1, 0.15) is 22.5 Å². The maximum Gasteiger partial charge on any atom is 0.307 e. The zero-order chi connectivity index (χ0) is 12.6. The minimum absolute atomic E-state index is 0.0542. The summed E-state index contributed by atoms with van der Waals surface area (Å²) in [6.45, 7) is 3.49. The Balaban J connectivity index is 2.71. The molecule has 0 aliphatic heterocycles. The van der Waals surface area contributed by atoms with Crippen LogP contribution >= 0.6 is 11.5 Å². The second-order valence-corrected chi connectivity index (χ2v) is 4.59. The van der Waals surface area contributed by atoms with Crippen LogP contribution in [0.2, 0.25) is 0 Å². The van der Waals surface area contributed by atoms with E-state index in [9.17, 15) is 9.90 Å². The molecule has 17 heavy (non-hydrogen) atoms. The van der Waals surface area contributed by atoms with Crippen molar-refractivity contribution in [1.29, 1.82) is 0 Å². The molecule has 5 nitrogen and oxygen atoms in total. The first kappa shape index (κ1) is 11.9. The Labute approximate surface area is 102 Å². The highest BCUT2D eigenvalue weighted by Crippen LogP contribution is 2.28. The van der Waals surface area contributed by atoms with Gasteiger partial charge in [-0.1, -0.05) is 0 Å². The topological polar surface area (TPSA) is 83.3 Å². The van der Waals surface area contributed by atoms with E-state index in [-0.39, 0.29) is 13.0 Å². The fraction of sp³-hybridized carbons (Fsp3) is 0.364. The van der Waals surface area contributed by atoms with Gasteiger partial charge in [-0.05, 0) is 36.5 Å². The predicted octanol–water partition coefficient (Wildman–Crippen LogP) is 1.43. The van der Waals surface area contributed by atoms with Crippen LogP contribution in [0.4, 0.5) is 0 Å². The van der Waals surface area contributed by atoms with Gasteiger partial charge < -0.3 is 10.2 Å². The van der Waals surface area contributed by atoms with Crippen LogP contribution < -0.4 is 0 Å². The van der Waals surface area contributed by atoms with Crippen LogP contribution in [0.25, 0.3) is 10.2 Å². The number of fused-ring (bicyclic) bond motifs is 1. The smallest absolute Gasteiger partial charge is 0.307 e. The Hall–Kier alpha value is -1.53. The number of aryl methyl sites for hydroxylation is 2. The quantitative estimate of drug-likeness (QED) is 0.863. The van der Waals surface area contributed by atoms with Gasteiger partial charge in [0.25, 0.3) is 0 Å². The van der Waals surface area contributed by atoms with Crippen molar-refractivity contribution in [3.63, 3.8) is 0 Å². The maximum atomic E-state index is 10.8. The van der Waals surface area contributed by atoms with Crippen LogP contribution in [0.15, 0.2) is 0 Å². The van der Waals surface area contributed by atoms with Gasteiger partial charge in [0.2, 0.25) is 0 Å². The molecule has 0 spiro atoms. The molecule has 2 heterocycles. The van der Waals surface area contributed by atoms with Crippen LogP contribution in [0, 0.1) is 13.8 Å². The van der Waals surface area contributed by atoms with E-state index in [1.165, 1.54) is 11.5 Å². The molecule has 2 N–H and O–H groups in total. The second-order valence-electron chi connectivity index (χ2n) is 3.84. The van der Waals surface area contributed by atoms with Crippen molar-refractivity contribution in [3.05, 3.63) is 22.5 Å². The lowest BCUT2D eigenvalue weighted by Gasteiger charge is -2.08. The number of rotatable bonds is 3. The van der Waals surface area contributed by atoms with Gasteiger partial charge >= 0.3 is 5.97 Å². The number of pyridine rings is 1. The molecule has 0 bridgehead atoms. The van der Waals surface area contributed by atoms with Gasteiger partial charge in [-0.2, -0.15) is 4.37 Å². The Kier molecular flexibility index (Phi) is 3.08. The highest BCUT2D eigenvalue weighted by Gasteiger charge is 2.16. The largest absolute Gasteiger partial charge is 0.481 e. The van der Waals surface area contributed by atoms with Crippen molar-refractivity contribution < 1.29 is 15.0 Å². The third-order valence-electron chi connectivity index (χ3n) is 2.76. The third kappa shape index (κ3) is 2.01. The highest BCUT2D eigenvalue weighted by atomic mass is 32.1. The number of aromatic nitrogens is 2. The maximum absolute atomic E-state index is 10.8. The van der Waals surface area contributed by atoms with Gasteiger partial charge in [0.05, 0.1) is 18.7 Å². The van der Waals surface area contributed by atoms with Gasteiger partial charge in [-0.3, -0.25) is 4.79 Å². The molecule has 2 aromatic heterocycles. The zero-order valence-electron chi connectivity index (χ0n) is 9.52. The van der Waals surface area contributed by atoms with Crippen LogP contribution in [-0.4, -0.2) is 25.5 Å². The van der Waals surface area contributed by atoms with Gasteiger partial charge in [0, 0.05) is 11.1 Å². The van der Waals surface area contributed by atoms with E-state index in [2.05, 4.69) is 9.36 Å². The van der Waals surface area contributed by atoms with E-state index in [0.717, 1.165) is 15.8 Å². The molecular weight excluding hydrogens is 240 g/mol. The molecule has 0 saturated carbocycles. The highest BCUT2D eigenvalue weighted by molar-refractivity contribution is 7.13. The van der Waals surface area contributed by atoms with Crippen molar-refractivity contribution >= 4 is 27.7 Å². The molecule has 0 fully saturated rings. The summed E-state index contributed by atoms with van der Waals surface area (Å²) in [6.07, 6.45) is -0.0542. The van der Waals surface area contributed by atoms with E-state index in [4.69, 9.17) is 5.11 Å². The minimum Gasteiger partial charge on any atom is -0.481 e. The predicted molar refractivity (Wildman–Crippen MR) is 64.2 cm³/mol. The number of carboxylic acids is 1. The Morgan fingerprint density at radius 2 is 2.12 bits per heavy atom. The molecule has 2 rings (SSSR count). The number of carbonyl (C=O) groups is 1. The number of carboxylic acid groups (broad SMARTS) is 1. The second kappa shape index (κ2) is 4.38. The van der Waals surface area contributed by atoms with Crippen molar-refractivity contribution in [1.82, 2.24) is 9.36 Å². The fourth-order valence-corrected chi connectivity index (χ4v) is 2.81. The summed E-state index contributed by atoms with van der Waals surface area (Å²) >= 11 is 1.23.